The minimum Gasteiger partial charge on any atom is -0.387 e. The third kappa shape index (κ3) is 4.22. The number of nitrogens with zero attached hydrogens (tertiary/aromatic N) is 1. The third-order valence-corrected chi connectivity index (χ3v) is 5.69. The van der Waals surface area contributed by atoms with Crippen molar-refractivity contribution < 1.29 is 14.2 Å². The highest BCUT2D eigenvalue weighted by Gasteiger charge is 2.28. The molecule has 0 aromatic heterocycles. The number of thioether (sulfide) groups is 1. The highest BCUT2D eigenvalue weighted by Crippen LogP contribution is 2.26. The van der Waals surface area contributed by atoms with E-state index in [-0.39, 0.29) is 5.82 Å². The van der Waals surface area contributed by atoms with Gasteiger partial charge in [-0.15, -0.1) is 0 Å². The standard InChI is InChI=1S/C17H24FNO2S/c18-14-5-3-13(4-6-14)17(20)11-19(15-7-9-22-12-15)10-16-2-1-8-21-16/h3-6,15-17,20H,1-2,7-12H2. The van der Waals surface area contributed by atoms with Gasteiger partial charge in [0.25, 0.3) is 0 Å². The van der Waals surface area contributed by atoms with E-state index in [4.69, 9.17) is 4.74 Å². The molecule has 2 aliphatic rings. The van der Waals surface area contributed by atoms with Gasteiger partial charge >= 0.3 is 0 Å². The van der Waals surface area contributed by atoms with Crippen molar-refractivity contribution in [3.8, 4) is 0 Å². The van der Waals surface area contributed by atoms with E-state index in [0.717, 1.165) is 37.3 Å². The molecule has 0 radical (unpaired) electrons. The second kappa shape index (κ2) is 7.77. The van der Waals surface area contributed by atoms with Crippen molar-refractivity contribution in [3.05, 3.63) is 35.6 Å². The first-order valence-corrected chi connectivity index (χ1v) is 9.25. The van der Waals surface area contributed by atoms with E-state index in [0.29, 0.717) is 18.7 Å². The Kier molecular flexibility index (Phi) is 5.74. The van der Waals surface area contributed by atoms with Gasteiger partial charge in [-0.2, -0.15) is 11.8 Å². The van der Waals surface area contributed by atoms with E-state index in [1.54, 1.807) is 12.1 Å². The molecule has 122 valence electrons. The Bertz CT molecular complexity index is 458. The molecule has 2 saturated heterocycles. The molecule has 1 aromatic rings. The summed E-state index contributed by atoms with van der Waals surface area (Å²) in [6.45, 7) is 2.35. The van der Waals surface area contributed by atoms with Crippen molar-refractivity contribution in [3.63, 3.8) is 0 Å². The van der Waals surface area contributed by atoms with Crippen molar-refractivity contribution in [2.24, 2.45) is 0 Å². The Morgan fingerprint density at radius 3 is 2.77 bits per heavy atom. The Balaban J connectivity index is 1.63. The molecular weight excluding hydrogens is 301 g/mol. The van der Waals surface area contributed by atoms with Crippen molar-refractivity contribution in [2.75, 3.05) is 31.2 Å². The van der Waals surface area contributed by atoms with Crippen LogP contribution in [0.25, 0.3) is 0 Å². The van der Waals surface area contributed by atoms with E-state index in [1.165, 1.54) is 24.3 Å². The Morgan fingerprint density at radius 1 is 1.32 bits per heavy atom. The summed E-state index contributed by atoms with van der Waals surface area (Å²) in [6.07, 6.45) is 3.15. The molecule has 2 fully saturated rings. The minimum absolute atomic E-state index is 0.264. The average molecular weight is 325 g/mol. The quantitative estimate of drug-likeness (QED) is 0.872. The largest absolute Gasteiger partial charge is 0.387 e. The molecule has 2 aliphatic heterocycles. The SMILES string of the molecule is OC(CN(CC1CCCO1)C1CCSC1)c1ccc(F)cc1. The van der Waals surface area contributed by atoms with Crippen molar-refractivity contribution >= 4 is 11.8 Å². The fourth-order valence-corrected chi connectivity index (χ4v) is 4.50. The topological polar surface area (TPSA) is 32.7 Å². The fourth-order valence-electron chi connectivity index (χ4n) is 3.25. The predicted molar refractivity (Wildman–Crippen MR) is 87.6 cm³/mol. The zero-order valence-corrected chi connectivity index (χ0v) is 13.6. The Labute approximate surface area is 135 Å². The highest BCUT2D eigenvalue weighted by atomic mass is 32.2. The third-order valence-electron chi connectivity index (χ3n) is 4.55. The molecule has 3 unspecified atom stereocenters. The Morgan fingerprint density at radius 2 is 2.14 bits per heavy atom. The lowest BCUT2D eigenvalue weighted by Gasteiger charge is -2.32. The van der Waals surface area contributed by atoms with Crippen LogP contribution < -0.4 is 0 Å². The van der Waals surface area contributed by atoms with Crippen LogP contribution in [0.2, 0.25) is 0 Å². The highest BCUT2D eigenvalue weighted by molar-refractivity contribution is 7.99. The van der Waals surface area contributed by atoms with Crippen LogP contribution in [0.1, 0.15) is 30.9 Å². The summed E-state index contributed by atoms with van der Waals surface area (Å²) in [6, 6.07) is 6.69. The summed E-state index contributed by atoms with van der Waals surface area (Å²) >= 11 is 1.98. The van der Waals surface area contributed by atoms with E-state index in [2.05, 4.69) is 4.90 Å². The molecule has 0 bridgehead atoms. The zero-order valence-electron chi connectivity index (χ0n) is 12.8. The monoisotopic (exact) mass is 325 g/mol. The fraction of sp³-hybridized carbons (Fsp3) is 0.647. The van der Waals surface area contributed by atoms with Crippen LogP contribution in [0.5, 0.6) is 0 Å². The van der Waals surface area contributed by atoms with E-state index in [1.807, 2.05) is 11.8 Å². The maximum Gasteiger partial charge on any atom is 0.123 e. The smallest absolute Gasteiger partial charge is 0.123 e. The number of halogens is 1. The first-order valence-electron chi connectivity index (χ1n) is 8.09. The van der Waals surface area contributed by atoms with Gasteiger partial charge in [0.2, 0.25) is 0 Å². The summed E-state index contributed by atoms with van der Waals surface area (Å²) in [5.41, 5.74) is 0.782. The van der Waals surface area contributed by atoms with Gasteiger partial charge < -0.3 is 9.84 Å². The maximum absolute atomic E-state index is 13.0. The van der Waals surface area contributed by atoms with Crippen LogP contribution in [0.4, 0.5) is 4.39 Å². The average Bonchev–Trinajstić information content (AvgIpc) is 3.20. The summed E-state index contributed by atoms with van der Waals surface area (Å²) < 4.78 is 18.8. The molecule has 0 amide bonds. The lowest BCUT2D eigenvalue weighted by Crippen LogP contribution is -2.42. The van der Waals surface area contributed by atoms with Gasteiger partial charge in [-0.25, -0.2) is 4.39 Å². The van der Waals surface area contributed by atoms with Gasteiger partial charge in [-0.1, -0.05) is 12.1 Å². The maximum atomic E-state index is 13.0. The first kappa shape index (κ1) is 16.2. The first-order chi connectivity index (χ1) is 10.7. The zero-order chi connectivity index (χ0) is 15.4. The molecule has 1 N–H and O–H groups in total. The molecule has 2 heterocycles. The van der Waals surface area contributed by atoms with E-state index >= 15 is 0 Å². The van der Waals surface area contributed by atoms with Gasteiger partial charge in [0, 0.05) is 31.5 Å². The number of hydrogen-bond acceptors (Lipinski definition) is 4. The van der Waals surface area contributed by atoms with Crippen LogP contribution in [0, 0.1) is 5.82 Å². The van der Waals surface area contributed by atoms with Crippen LogP contribution in [-0.2, 0) is 4.74 Å². The number of ether oxygens (including phenoxy) is 1. The minimum atomic E-state index is -0.576. The normalized spacial score (nSPS) is 26.7. The number of rotatable bonds is 6. The van der Waals surface area contributed by atoms with Gasteiger partial charge in [0.1, 0.15) is 5.82 Å². The Hall–Kier alpha value is -0.620. The molecular formula is C17H24FNO2S. The second-order valence-electron chi connectivity index (χ2n) is 6.17. The molecule has 0 spiro atoms. The molecule has 0 aliphatic carbocycles. The predicted octanol–water partition coefficient (Wildman–Crippen LogP) is 2.85. The number of hydrogen-bond donors (Lipinski definition) is 1. The molecule has 22 heavy (non-hydrogen) atoms. The van der Waals surface area contributed by atoms with Crippen LogP contribution in [-0.4, -0.2) is 53.4 Å². The lowest BCUT2D eigenvalue weighted by atomic mass is 10.1. The lowest BCUT2D eigenvalue weighted by molar-refractivity contribution is 0.0343. The summed E-state index contributed by atoms with van der Waals surface area (Å²) in [4.78, 5) is 2.38. The molecule has 3 rings (SSSR count). The van der Waals surface area contributed by atoms with Gasteiger partial charge in [0.15, 0.2) is 0 Å². The molecule has 3 nitrogen and oxygen atoms in total. The second-order valence-corrected chi connectivity index (χ2v) is 7.32. The number of aliphatic hydroxyl groups excluding tert-OH is 1. The van der Waals surface area contributed by atoms with E-state index in [9.17, 15) is 9.50 Å². The number of benzene rings is 1. The van der Waals surface area contributed by atoms with Crippen LogP contribution >= 0.6 is 11.8 Å². The summed E-state index contributed by atoms with van der Waals surface area (Å²) in [7, 11) is 0. The molecule has 5 heteroatoms. The van der Waals surface area contributed by atoms with Gasteiger partial charge in [0.05, 0.1) is 12.2 Å². The van der Waals surface area contributed by atoms with Crippen molar-refractivity contribution in [2.45, 2.75) is 37.5 Å². The van der Waals surface area contributed by atoms with Crippen molar-refractivity contribution in [1.82, 2.24) is 4.90 Å². The van der Waals surface area contributed by atoms with Crippen LogP contribution in [0.3, 0.4) is 0 Å². The van der Waals surface area contributed by atoms with Crippen molar-refractivity contribution in [1.29, 1.82) is 0 Å². The molecule has 1 aromatic carbocycles. The summed E-state index contributed by atoms with van der Waals surface area (Å²) in [5.74, 6) is 2.06. The molecule has 3 atom stereocenters. The van der Waals surface area contributed by atoms with E-state index < -0.39 is 6.10 Å². The van der Waals surface area contributed by atoms with Gasteiger partial charge in [-0.05, 0) is 42.7 Å². The molecule has 0 saturated carbocycles. The van der Waals surface area contributed by atoms with Gasteiger partial charge in [-0.3, -0.25) is 4.90 Å². The number of aliphatic hydroxyl groups is 1. The summed E-state index contributed by atoms with van der Waals surface area (Å²) in [5, 5.41) is 10.5. The van der Waals surface area contributed by atoms with Crippen LogP contribution in [0.15, 0.2) is 24.3 Å².